The Kier molecular flexibility index (Phi) is 14.5. The van der Waals surface area contributed by atoms with Crippen LogP contribution in [-0.2, 0) is 0 Å². The first kappa shape index (κ1) is 22.8. The molecule has 0 radical (unpaired) electrons. The summed E-state index contributed by atoms with van der Waals surface area (Å²) in [5.41, 5.74) is 2.44. The zero-order chi connectivity index (χ0) is 18.2. The van der Waals surface area contributed by atoms with Crippen LogP contribution in [0.3, 0.4) is 0 Å². The van der Waals surface area contributed by atoms with Crippen LogP contribution < -0.4 is 0 Å². The Morgan fingerprint density at radius 2 is 0.750 bits per heavy atom. The van der Waals surface area contributed by atoms with E-state index in [1.807, 2.05) is 36.4 Å². The normalized spacial score (nSPS) is 10.5. The third-order valence-electron chi connectivity index (χ3n) is 2.29. The Labute approximate surface area is 152 Å². The van der Waals surface area contributed by atoms with Crippen molar-refractivity contribution in [1.29, 1.82) is 0 Å². The van der Waals surface area contributed by atoms with E-state index in [0.29, 0.717) is 15.8 Å². The molecule has 0 aromatic heterocycles. The number of hydrogen-bond acceptors (Lipinski definition) is 0. The second-order valence-corrected chi connectivity index (χ2v) is 11.6. The zero-order valence-electron chi connectivity index (χ0n) is 16.0. The third kappa shape index (κ3) is 17.1. The van der Waals surface area contributed by atoms with Gasteiger partial charge in [0.2, 0.25) is 0 Å². The molecule has 0 saturated heterocycles. The maximum absolute atomic E-state index is 2.23. The van der Waals surface area contributed by atoms with Gasteiger partial charge in [-0.1, -0.05) is 85.0 Å². The summed E-state index contributed by atoms with van der Waals surface area (Å²) < 4.78 is 0. The summed E-state index contributed by atoms with van der Waals surface area (Å²) in [4.78, 5) is 0. The highest BCUT2D eigenvalue weighted by molar-refractivity contribution is 7.55. The van der Waals surface area contributed by atoms with Crippen LogP contribution >= 0.6 is 15.8 Å². The molecule has 0 nitrogen and oxygen atoms in total. The molecule has 0 unspecified atom stereocenters. The molecule has 24 heavy (non-hydrogen) atoms. The van der Waals surface area contributed by atoms with Crippen LogP contribution in [0.5, 0.6) is 0 Å². The van der Waals surface area contributed by atoms with Crippen molar-refractivity contribution in [2.75, 3.05) is 40.0 Å². The predicted molar refractivity (Wildman–Crippen MR) is 120 cm³/mol. The van der Waals surface area contributed by atoms with Crippen molar-refractivity contribution in [2.45, 2.75) is 0 Å². The molecule has 0 heterocycles. The maximum atomic E-state index is 2.23. The molecule has 0 aliphatic rings. The van der Waals surface area contributed by atoms with Gasteiger partial charge < -0.3 is 0 Å². The van der Waals surface area contributed by atoms with Crippen LogP contribution in [-0.4, -0.2) is 40.0 Å². The van der Waals surface area contributed by atoms with E-state index in [-0.39, 0.29) is 0 Å². The van der Waals surface area contributed by atoms with Gasteiger partial charge in [0, 0.05) is 0 Å². The smallest absolute Gasteiger partial charge is 0.0257 e. The summed E-state index contributed by atoms with van der Waals surface area (Å²) in [6, 6.07) is 20.6. The summed E-state index contributed by atoms with van der Waals surface area (Å²) >= 11 is 0. The molecule has 0 saturated carbocycles. The Morgan fingerprint density at radius 1 is 0.500 bits per heavy atom. The van der Waals surface area contributed by atoms with Gasteiger partial charge in [0.1, 0.15) is 0 Å². The SMILES string of the molecule is C(C=Cc1ccccc1)=Cc1ccccc1.CP(C)C.CP(C)C. The molecule has 0 bridgehead atoms. The van der Waals surface area contributed by atoms with Crippen molar-refractivity contribution >= 4 is 28.0 Å². The molecule has 0 spiro atoms. The molecule has 2 aromatic carbocycles. The lowest BCUT2D eigenvalue weighted by Gasteiger charge is -1.90. The maximum Gasteiger partial charge on any atom is -0.0257 e. The average molecular weight is 358 g/mol. The first-order chi connectivity index (χ1) is 11.4. The van der Waals surface area contributed by atoms with Crippen molar-refractivity contribution in [3.05, 3.63) is 83.9 Å². The molecule has 0 atom stereocenters. The first-order valence-electron chi connectivity index (χ1n) is 8.08. The summed E-state index contributed by atoms with van der Waals surface area (Å²) in [6.45, 7) is 13.4. The molecule has 2 rings (SSSR count). The minimum Gasteiger partial charge on any atom is -0.116 e. The van der Waals surface area contributed by atoms with E-state index in [2.05, 4.69) is 88.6 Å². The van der Waals surface area contributed by atoms with E-state index in [4.69, 9.17) is 0 Å². The zero-order valence-corrected chi connectivity index (χ0v) is 17.8. The van der Waals surface area contributed by atoms with Gasteiger partial charge in [-0.15, -0.1) is 15.8 Å². The fourth-order valence-electron chi connectivity index (χ4n) is 1.46. The van der Waals surface area contributed by atoms with Crippen LogP contribution in [0.25, 0.3) is 12.2 Å². The standard InChI is InChI=1S/C16H14.2C3H9P/c1-3-9-15(10-4-1)13-7-8-14-16-11-5-2-6-12-16;2*1-4(2)3/h1-14H;2*1-3H3. The van der Waals surface area contributed by atoms with Crippen LogP contribution in [0.4, 0.5) is 0 Å². The Morgan fingerprint density at radius 3 is 1.00 bits per heavy atom. The average Bonchev–Trinajstić information content (AvgIpc) is 2.53. The quantitative estimate of drug-likeness (QED) is 0.404. The predicted octanol–water partition coefficient (Wildman–Crippen LogP) is 7.13. The molecular formula is C22H32P2. The highest BCUT2D eigenvalue weighted by atomic mass is 31.1. The molecule has 0 fully saturated rings. The summed E-state index contributed by atoms with van der Waals surface area (Å²) in [7, 11) is 0.759. The summed E-state index contributed by atoms with van der Waals surface area (Å²) in [6.07, 6.45) is 8.31. The Balaban J connectivity index is 0.000000558. The van der Waals surface area contributed by atoms with Crippen molar-refractivity contribution in [3.63, 3.8) is 0 Å². The lowest BCUT2D eigenvalue weighted by molar-refractivity contribution is 1.65. The molecule has 0 N–H and O–H groups in total. The highest BCUT2D eigenvalue weighted by Crippen LogP contribution is 2.15. The fraction of sp³-hybridized carbons (Fsp3) is 0.273. The van der Waals surface area contributed by atoms with E-state index >= 15 is 0 Å². The van der Waals surface area contributed by atoms with Gasteiger partial charge in [-0.2, -0.15) is 0 Å². The number of hydrogen-bond donors (Lipinski definition) is 0. The largest absolute Gasteiger partial charge is 0.116 e. The van der Waals surface area contributed by atoms with E-state index in [1.165, 1.54) is 11.1 Å². The van der Waals surface area contributed by atoms with E-state index < -0.39 is 0 Å². The molecular weight excluding hydrogens is 326 g/mol. The van der Waals surface area contributed by atoms with Gasteiger partial charge in [-0.25, -0.2) is 0 Å². The van der Waals surface area contributed by atoms with Crippen LogP contribution in [0, 0.1) is 0 Å². The number of rotatable bonds is 3. The highest BCUT2D eigenvalue weighted by Gasteiger charge is 1.81. The van der Waals surface area contributed by atoms with Gasteiger partial charge in [0.15, 0.2) is 0 Å². The van der Waals surface area contributed by atoms with Gasteiger partial charge in [0.05, 0.1) is 0 Å². The Hall–Kier alpha value is -1.22. The summed E-state index contributed by atoms with van der Waals surface area (Å²) in [5.74, 6) is 0. The molecule has 0 amide bonds. The molecule has 130 valence electrons. The van der Waals surface area contributed by atoms with Gasteiger partial charge >= 0.3 is 0 Å². The van der Waals surface area contributed by atoms with Gasteiger partial charge in [-0.3, -0.25) is 0 Å². The topological polar surface area (TPSA) is 0 Å². The number of allylic oxidation sites excluding steroid dienone is 2. The second-order valence-electron chi connectivity index (χ2n) is 6.22. The van der Waals surface area contributed by atoms with Crippen molar-refractivity contribution in [2.24, 2.45) is 0 Å². The molecule has 2 heteroatoms. The van der Waals surface area contributed by atoms with Crippen molar-refractivity contribution in [3.8, 4) is 0 Å². The van der Waals surface area contributed by atoms with E-state index in [1.54, 1.807) is 0 Å². The van der Waals surface area contributed by atoms with Crippen LogP contribution in [0.2, 0.25) is 0 Å². The molecule has 0 aliphatic heterocycles. The monoisotopic (exact) mass is 358 g/mol. The Bertz CT molecular complexity index is 496. The third-order valence-corrected chi connectivity index (χ3v) is 2.29. The van der Waals surface area contributed by atoms with Gasteiger partial charge in [-0.05, 0) is 51.1 Å². The second kappa shape index (κ2) is 15.3. The minimum atomic E-state index is 0.380. The summed E-state index contributed by atoms with van der Waals surface area (Å²) in [5, 5.41) is 0. The molecule has 2 aromatic rings. The van der Waals surface area contributed by atoms with Crippen molar-refractivity contribution in [1.82, 2.24) is 0 Å². The fourth-order valence-corrected chi connectivity index (χ4v) is 1.46. The van der Waals surface area contributed by atoms with Gasteiger partial charge in [0.25, 0.3) is 0 Å². The lowest BCUT2D eigenvalue weighted by atomic mass is 10.2. The van der Waals surface area contributed by atoms with E-state index in [0.717, 1.165) is 0 Å². The lowest BCUT2D eigenvalue weighted by Crippen LogP contribution is -1.68. The van der Waals surface area contributed by atoms with Crippen molar-refractivity contribution < 1.29 is 0 Å². The minimum absolute atomic E-state index is 0.380. The first-order valence-corrected chi connectivity index (χ1v) is 13.4. The van der Waals surface area contributed by atoms with Crippen LogP contribution in [0.1, 0.15) is 11.1 Å². The number of benzene rings is 2. The molecule has 0 aliphatic carbocycles. The van der Waals surface area contributed by atoms with Crippen LogP contribution in [0.15, 0.2) is 72.8 Å². The van der Waals surface area contributed by atoms with E-state index in [9.17, 15) is 0 Å².